The summed E-state index contributed by atoms with van der Waals surface area (Å²) in [6.07, 6.45) is 1.83. The minimum Gasteiger partial charge on any atom is -0.481 e. The van der Waals surface area contributed by atoms with Gasteiger partial charge in [0.25, 0.3) is 0 Å². The Morgan fingerprint density at radius 1 is 1.25 bits per heavy atom. The number of fused-ring (bicyclic) bond motifs is 2. The zero-order valence-electron chi connectivity index (χ0n) is 6.28. The molecule has 0 radical (unpaired) electrons. The van der Waals surface area contributed by atoms with Crippen LogP contribution in [-0.4, -0.2) is 11.9 Å². The van der Waals surface area contributed by atoms with Gasteiger partial charge in [0.2, 0.25) is 0 Å². The van der Waals surface area contributed by atoms with E-state index in [1.165, 1.54) is 0 Å². The van der Waals surface area contributed by atoms with Crippen LogP contribution in [0.4, 0.5) is 0 Å². The molecule has 2 aliphatic rings. The molecule has 1 aliphatic heterocycles. The molecule has 2 heteroatoms. The average Bonchev–Trinajstić information content (AvgIpc) is 2.84. The quantitative estimate of drug-likeness (QED) is 0.572. The number of carbonyl (C=O) groups excluding carboxylic acids is 1. The van der Waals surface area contributed by atoms with Gasteiger partial charge in [-0.3, -0.25) is 4.79 Å². The molecule has 1 unspecified atom stereocenters. The van der Waals surface area contributed by atoms with E-state index in [9.17, 15) is 4.79 Å². The van der Waals surface area contributed by atoms with Gasteiger partial charge in [-0.15, -0.1) is 0 Å². The maximum Gasteiger partial charge on any atom is 0.196 e. The third kappa shape index (κ3) is 0.619. The first kappa shape index (κ1) is 6.00. The third-order valence-corrected chi connectivity index (χ3v) is 2.18. The van der Waals surface area contributed by atoms with E-state index in [0.29, 0.717) is 11.3 Å². The van der Waals surface area contributed by atoms with Crippen molar-refractivity contribution in [3.8, 4) is 5.75 Å². The van der Waals surface area contributed by atoms with E-state index in [4.69, 9.17) is 4.74 Å². The predicted molar refractivity (Wildman–Crippen MR) is 43.3 cm³/mol. The highest BCUT2D eigenvalue weighted by Crippen LogP contribution is 2.37. The second-order valence-corrected chi connectivity index (χ2v) is 2.99. The number of carbonyl (C=O) groups is 1. The topological polar surface area (TPSA) is 26.3 Å². The van der Waals surface area contributed by atoms with Crippen LogP contribution in [0.25, 0.3) is 0 Å². The predicted octanol–water partition coefficient (Wildman–Crippen LogP) is 1.57. The summed E-state index contributed by atoms with van der Waals surface area (Å²) in [6.45, 7) is 0. The number of ketones is 1. The molecule has 1 atom stereocenters. The Morgan fingerprint density at radius 2 is 2.08 bits per heavy atom. The summed E-state index contributed by atoms with van der Waals surface area (Å²) in [5.41, 5.74) is 1.51. The van der Waals surface area contributed by atoms with Gasteiger partial charge in [-0.05, 0) is 18.2 Å². The molecule has 0 fully saturated rings. The molecule has 12 heavy (non-hydrogen) atoms. The number of ether oxygens (including phenoxy) is 1. The zero-order valence-corrected chi connectivity index (χ0v) is 6.28. The minimum atomic E-state index is -0.0209. The number of Topliss-reactive ketones (excluding diaryl/α,β-unsaturated/α-hetero) is 1. The van der Waals surface area contributed by atoms with Crippen molar-refractivity contribution in [2.24, 2.45) is 0 Å². The number of hydrogen-bond acceptors (Lipinski definition) is 2. The van der Waals surface area contributed by atoms with Crippen LogP contribution in [0, 0.1) is 0 Å². The van der Waals surface area contributed by atoms with Crippen molar-refractivity contribution in [1.29, 1.82) is 0 Å². The van der Waals surface area contributed by atoms with E-state index in [0.717, 1.165) is 5.57 Å². The van der Waals surface area contributed by atoms with Crippen molar-refractivity contribution in [2.75, 3.05) is 0 Å². The molecule has 0 saturated heterocycles. The summed E-state index contributed by atoms with van der Waals surface area (Å²) in [7, 11) is 0. The average molecular weight is 158 g/mol. The fourth-order valence-corrected chi connectivity index (χ4v) is 1.47. The Hall–Kier alpha value is -1.57. The van der Waals surface area contributed by atoms with Crippen LogP contribution in [0.5, 0.6) is 5.75 Å². The molecule has 3 rings (SSSR count). The fourth-order valence-electron chi connectivity index (χ4n) is 1.47. The molecule has 0 amide bonds. The van der Waals surface area contributed by atoms with E-state index in [1.807, 2.05) is 24.3 Å². The highest BCUT2D eigenvalue weighted by Gasteiger charge is 2.39. The van der Waals surface area contributed by atoms with Gasteiger partial charge >= 0.3 is 0 Å². The van der Waals surface area contributed by atoms with E-state index in [1.54, 1.807) is 6.07 Å². The molecule has 0 saturated carbocycles. The van der Waals surface area contributed by atoms with Gasteiger partial charge in [0.1, 0.15) is 11.9 Å². The van der Waals surface area contributed by atoms with E-state index < -0.39 is 0 Å². The van der Waals surface area contributed by atoms with Crippen molar-refractivity contribution in [3.05, 3.63) is 41.5 Å². The van der Waals surface area contributed by atoms with Gasteiger partial charge in [-0.2, -0.15) is 0 Å². The number of para-hydroxylation sites is 1. The fraction of sp³-hybridized carbons (Fsp3) is 0.100. The summed E-state index contributed by atoms with van der Waals surface area (Å²) >= 11 is 0. The molecule has 58 valence electrons. The van der Waals surface area contributed by atoms with Crippen LogP contribution < -0.4 is 4.74 Å². The first-order valence-corrected chi connectivity index (χ1v) is 3.88. The van der Waals surface area contributed by atoms with Gasteiger partial charge in [-0.1, -0.05) is 12.1 Å². The standard InChI is InChI=1S/C10H6O2/c11-10-6-3-1-2-4-8(6)12-9-5-7(9)10/h1-5,9H. The van der Waals surface area contributed by atoms with Crippen LogP contribution in [0.3, 0.4) is 0 Å². The van der Waals surface area contributed by atoms with Crippen LogP contribution in [0.1, 0.15) is 10.4 Å². The van der Waals surface area contributed by atoms with Gasteiger partial charge in [0.05, 0.1) is 5.56 Å². The lowest BCUT2D eigenvalue weighted by Gasteiger charge is -2.14. The molecule has 2 nitrogen and oxygen atoms in total. The van der Waals surface area contributed by atoms with Crippen molar-refractivity contribution >= 4 is 5.78 Å². The molecule has 0 N–H and O–H groups in total. The minimum absolute atomic E-state index is 0.0209. The first-order chi connectivity index (χ1) is 5.86. The smallest absolute Gasteiger partial charge is 0.196 e. The van der Waals surface area contributed by atoms with Gasteiger partial charge in [-0.25, -0.2) is 0 Å². The molecular weight excluding hydrogens is 152 g/mol. The van der Waals surface area contributed by atoms with Crippen molar-refractivity contribution in [3.63, 3.8) is 0 Å². The van der Waals surface area contributed by atoms with Crippen LogP contribution in [0.2, 0.25) is 0 Å². The number of hydrogen-bond donors (Lipinski definition) is 0. The lowest BCUT2D eigenvalue weighted by molar-refractivity contribution is 0.101. The monoisotopic (exact) mass is 158 g/mol. The number of rotatable bonds is 0. The number of benzene rings is 1. The molecule has 1 aliphatic carbocycles. The second kappa shape index (κ2) is 1.78. The summed E-state index contributed by atoms with van der Waals surface area (Å²) in [6, 6.07) is 7.35. The zero-order chi connectivity index (χ0) is 8.13. The molecule has 0 bridgehead atoms. The van der Waals surface area contributed by atoms with Gasteiger partial charge in [0, 0.05) is 5.57 Å². The van der Waals surface area contributed by atoms with E-state index >= 15 is 0 Å². The summed E-state index contributed by atoms with van der Waals surface area (Å²) in [5, 5.41) is 0. The molecule has 1 aromatic rings. The molecule has 0 aromatic heterocycles. The Balaban J connectivity index is 2.21. The van der Waals surface area contributed by atoms with Gasteiger partial charge < -0.3 is 4.74 Å². The van der Waals surface area contributed by atoms with Crippen molar-refractivity contribution in [2.45, 2.75) is 6.10 Å². The van der Waals surface area contributed by atoms with Crippen molar-refractivity contribution in [1.82, 2.24) is 0 Å². The van der Waals surface area contributed by atoms with Crippen LogP contribution in [-0.2, 0) is 0 Å². The summed E-state index contributed by atoms with van der Waals surface area (Å²) < 4.78 is 5.46. The maximum absolute atomic E-state index is 11.5. The maximum atomic E-state index is 11.5. The summed E-state index contributed by atoms with van der Waals surface area (Å²) in [4.78, 5) is 11.5. The first-order valence-electron chi connectivity index (χ1n) is 3.88. The third-order valence-electron chi connectivity index (χ3n) is 2.18. The second-order valence-electron chi connectivity index (χ2n) is 2.99. The largest absolute Gasteiger partial charge is 0.481 e. The van der Waals surface area contributed by atoms with Crippen LogP contribution >= 0.6 is 0 Å². The van der Waals surface area contributed by atoms with E-state index in [-0.39, 0.29) is 11.9 Å². The highest BCUT2D eigenvalue weighted by atomic mass is 16.5. The summed E-state index contributed by atoms with van der Waals surface area (Å²) in [5.74, 6) is 0.840. The SMILES string of the molecule is O=C1C2=CC2Oc2ccccc21. The Kier molecular flexibility index (Phi) is 0.888. The highest BCUT2D eigenvalue weighted by molar-refractivity contribution is 6.15. The molecule has 1 aromatic carbocycles. The lowest BCUT2D eigenvalue weighted by Crippen LogP contribution is -2.15. The van der Waals surface area contributed by atoms with Crippen molar-refractivity contribution < 1.29 is 9.53 Å². The molecular formula is C10H6O2. The molecule has 0 spiro atoms. The Labute approximate surface area is 69.5 Å². The van der Waals surface area contributed by atoms with E-state index in [2.05, 4.69) is 0 Å². The molecule has 1 heterocycles. The van der Waals surface area contributed by atoms with Gasteiger partial charge in [0.15, 0.2) is 5.78 Å². The Morgan fingerprint density at radius 3 is 3.00 bits per heavy atom. The Bertz CT molecular complexity index is 404. The normalized spacial score (nSPS) is 23.5. The lowest BCUT2D eigenvalue weighted by atomic mass is 10.1. The van der Waals surface area contributed by atoms with Crippen LogP contribution in [0.15, 0.2) is 35.9 Å².